The molecule has 0 atom stereocenters. The van der Waals surface area contributed by atoms with Gasteiger partial charge in [-0.3, -0.25) is 0 Å². The van der Waals surface area contributed by atoms with Crippen LogP contribution in [0.4, 0.5) is 0 Å². The molecular formula is C13H18. The van der Waals surface area contributed by atoms with Crippen LogP contribution in [0.5, 0.6) is 0 Å². The largest absolute Gasteiger partial charge is 0.0985 e. The summed E-state index contributed by atoms with van der Waals surface area (Å²) in [7, 11) is 0. The van der Waals surface area contributed by atoms with Crippen molar-refractivity contribution in [3.05, 3.63) is 41.5 Å². The van der Waals surface area contributed by atoms with Gasteiger partial charge in [-0.1, -0.05) is 57.2 Å². The summed E-state index contributed by atoms with van der Waals surface area (Å²) in [6.45, 7) is 12.6. The summed E-state index contributed by atoms with van der Waals surface area (Å²) >= 11 is 0. The number of rotatable bonds is 1. The highest BCUT2D eigenvalue weighted by Gasteiger charge is 2.13. The average Bonchev–Trinajstić information content (AvgIpc) is 2.01. The van der Waals surface area contributed by atoms with Crippen molar-refractivity contribution in [2.24, 2.45) is 0 Å². The molecule has 0 unspecified atom stereocenters. The molecule has 0 N–H and O–H groups in total. The van der Waals surface area contributed by atoms with Gasteiger partial charge in [0.15, 0.2) is 0 Å². The van der Waals surface area contributed by atoms with Gasteiger partial charge in [0.1, 0.15) is 0 Å². The lowest BCUT2D eigenvalue weighted by Crippen LogP contribution is -2.11. The highest BCUT2D eigenvalue weighted by molar-refractivity contribution is 5.50. The van der Waals surface area contributed by atoms with Crippen molar-refractivity contribution in [1.29, 1.82) is 0 Å². The van der Waals surface area contributed by atoms with Gasteiger partial charge >= 0.3 is 0 Å². The number of hydrogen-bond donors (Lipinski definition) is 0. The highest BCUT2D eigenvalue weighted by atomic mass is 14.2. The van der Waals surface area contributed by atoms with Crippen molar-refractivity contribution in [1.82, 2.24) is 0 Å². The predicted molar refractivity (Wildman–Crippen MR) is 60.0 cm³/mol. The predicted octanol–water partition coefficient (Wildman–Crippen LogP) is 3.94. The standard InChI is InChI=1S/C13H18/c1-6-11-7-10(2)8-12(9-11)13(3,4)5/h6-9H,1H2,2-5H3. The zero-order valence-electron chi connectivity index (χ0n) is 9.02. The Morgan fingerprint density at radius 2 is 1.77 bits per heavy atom. The molecule has 0 nitrogen and oxygen atoms in total. The second-order valence-corrected chi connectivity index (χ2v) is 4.59. The molecule has 0 fully saturated rings. The van der Waals surface area contributed by atoms with Gasteiger partial charge in [0.2, 0.25) is 0 Å². The number of hydrogen-bond acceptors (Lipinski definition) is 0. The monoisotopic (exact) mass is 174 g/mol. The lowest BCUT2D eigenvalue weighted by Gasteiger charge is -2.20. The van der Waals surface area contributed by atoms with Crippen molar-refractivity contribution in [3.8, 4) is 0 Å². The molecule has 0 bridgehead atoms. The van der Waals surface area contributed by atoms with E-state index in [1.165, 1.54) is 16.7 Å². The number of benzene rings is 1. The maximum absolute atomic E-state index is 3.80. The molecule has 0 aliphatic rings. The van der Waals surface area contributed by atoms with E-state index in [9.17, 15) is 0 Å². The summed E-state index contributed by atoms with van der Waals surface area (Å²) in [6.07, 6.45) is 1.90. The quantitative estimate of drug-likeness (QED) is 0.605. The second-order valence-electron chi connectivity index (χ2n) is 4.59. The summed E-state index contributed by atoms with van der Waals surface area (Å²) in [4.78, 5) is 0. The van der Waals surface area contributed by atoms with Crippen LogP contribution in [-0.4, -0.2) is 0 Å². The lowest BCUT2D eigenvalue weighted by molar-refractivity contribution is 0.589. The Labute approximate surface area is 81.3 Å². The molecule has 0 aromatic heterocycles. The minimum absolute atomic E-state index is 0.226. The first kappa shape index (κ1) is 10.0. The van der Waals surface area contributed by atoms with Crippen LogP contribution in [0.25, 0.3) is 6.08 Å². The fraction of sp³-hybridized carbons (Fsp3) is 0.385. The first-order chi connectivity index (χ1) is 5.93. The van der Waals surface area contributed by atoms with E-state index < -0.39 is 0 Å². The van der Waals surface area contributed by atoms with Gasteiger partial charge in [0.25, 0.3) is 0 Å². The maximum atomic E-state index is 3.80. The lowest BCUT2D eigenvalue weighted by atomic mass is 9.85. The van der Waals surface area contributed by atoms with Crippen LogP contribution in [0, 0.1) is 6.92 Å². The fourth-order valence-corrected chi connectivity index (χ4v) is 1.36. The molecule has 1 aromatic carbocycles. The van der Waals surface area contributed by atoms with Gasteiger partial charge in [-0.05, 0) is 23.5 Å². The molecule has 0 radical (unpaired) electrons. The van der Waals surface area contributed by atoms with Gasteiger partial charge in [0, 0.05) is 0 Å². The third-order valence-corrected chi connectivity index (χ3v) is 2.20. The van der Waals surface area contributed by atoms with Gasteiger partial charge in [-0.15, -0.1) is 0 Å². The Morgan fingerprint density at radius 1 is 1.15 bits per heavy atom. The Morgan fingerprint density at radius 3 is 2.23 bits per heavy atom. The van der Waals surface area contributed by atoms with E-state index in [1.807, 2.05) is 6.08 Å². The van der Waals surface area contributed by atoms with E-state index >= 15 is 0 Å². The van der Waals surface area contributed by atoms with E-state index in [-0.39, 0.29) is 5.41 Å². The van der Waals surface area contributed by atoms with Gasteiger partial charge in [0.05, 0.1) is 0 Å². The third-order valence-electron chi connectivity index (χ3n) is 2.20. The highest BCUT2D eigenvalue weighted by Crippen LogP contribution is 2.24. The Bertz CT molecular complexity index is 313. The molecule has 0 aliphatic carbocycles. The minimum Gasteiger partial charge on any atom is -0.0985 e. The molecule has 0 amide bonds. The van der Waals surface area contributed by atoms with Crippen LogP contribution in [0.1, 0.15) is 37.5 Å². The topological polar surface area (TPSA) is 0 Å². The van der Waals surface area contributed by atoms with Crippen molar-refractivity contribution in [3.63, 3.8) is 0 Å². The van der Waals surface area contributed by atoms with Gasteiger partial charge in [-0.2, -0.15) is 0 Å². The molecule has 1 rings (SSSR count). The first-order valence-corrected chi connectivity index (χ1v) is 4.68. The van der Waals surface area contributed by atoms with Crippen LogP contribution in [0.2, 0.25) is 0 Å². The van der Waals surface area contributed by atoms with E-state index in [1.54, 1.807) is 0 Å². The van der Waals surface area contributed by atoms with E-state index in [4.69, 9.17) is 0 Å². The van der Waals surface area contributed by atoms with Crippen molar-refractivity contribution in [2.75, 3.05) is 0 Å². The fourth-order valence-electron chi connectivity index (χ4n) is 1.36. The zero-order chi connectivity index (χ0) is 10.1. The maximum Gasteiger partial charge on any atom is -0.0132 e. The zero-order valence-corrected chi connectivity index (χ0v) is 9.02. The molecule has 70 valence electrons. The number of aryl methyl sites for hydroxylation is 1. The van der Waals surface area contributed by atoms with Crippen LogP contribution >= 0.6 is 0 Å². The summed E-state index contributed by atoms with van der Waals surface area (Å²) in [5.74, 6) is 0. The smallest absolute Gasteiger partial charge is 0.0132 e. The normalized spacial score (nSPS) is 11.4. The minimum atomic E-state index is 0.226. The Balaban J connectivity index is 3.24. The summed E-state index contributed by atoms with van der Waals surface area (Å²) < 4.78 is 0. The molecule has 0 heteroatoms. The van der Waals surface area contributed by atoms with Crippen LogP contribution < -0.4 is 0 Å². The molecule has 0 saturated heterocycles. The van der Waals surface area contributed by atoms with Gasteiger partial charge in [-0.25, -0.2) is 0 Å². The molecule has 0 saturated carbocycles. The molecule has 0 aliphatic heterocycles. The Kier molecular flexibility index (Phi) is 2.60. The first-order valence-electron chi connectivity index (χ1n) is 4.68. The SMILES string of the molecule is C=Cc1cc(C)cc(C(C)(C)C)c1. The molecule has 13 heavy (non-hydrogen) atoms. The van der Waals surface area contributed by atoms with Gasteiger partial charge < -0.3 is 0 Å². The van der Waals surface area contributed by atoms with Crippen molar-refractivity contribution < 1.29 is 0 Å². The summed E-state index contributed by atoms with van der Waals surface area (Å²) in [6, 6.07) is 6.61. The van der Waals surface area contributed by atoms with E-state index in [0.29, 0.717) is 0 Å². The molecule has 0 heterocycles. The van der Waals surface area contributed by atoms with Crippen molar-refractivity contribution in [2.45, 2.75) is 33.1 Å². The van der Waals surface area contributed by atoms with E-state index in [2.05, 4.69) is 52.5 Å². The average molecular weight is 174 g/mol. The van der Waals surface area contributed by atoms with Crippen LogP contribution in [0.3, 0.4) is 0 Å². The van der Waals surface area contributed by atoms with Crippen molar-refractivity contribution >= 4 is 6.08 Å². The third kappa shape index (κ3) is 2.45. The molecule has 0 spiro atoms. The Hall–Kier alpha value is -1.04. The van der Waals surface area contributed by atoms with E-state index in [0.717, 1.165) is 0 Å². The summed E-state index contributed by atoms with van der Waals surface area (Å²) in [5.41, 5.74) is 4.12. The van der Waals surface area contributed by atoms with Crippen LogP contribution in [-0.2, 0) is 5.41 Å². The van der Waals surface area contributed by atoms with Crippen LogP contribution in [0.15, 0.2) is 24.8 Å². The summed E-state index contributed by atoms with van der Waals surface area (Å²) in [5, 5.41) is 0. The molecule has 1 aromatic rings. The second kappa shape index (κ2) is 3.37. The molecular weight excluding hydrogens is 156 g/mol.